The van der Waals surface area contributed by atoms with Gasteiger partial charge in [-0.15, -0.1) is 0 Å². The molecule has 3 nitrogen and oxygen atoms in total. The van der Waals surface area contributed by atoms with Gasteiger partial charge in [-0.25, -0.2) is 0 Å². The minimum Gasteiger partial charge on any atom is -0.392 e. The van der Waals surface area contributed by atoms with Crippen LogP contribution in [0.4, 0.5) is 0 Å². The van der Waals surface area contributed by atoms with Crippen molar-refractivity contribution in [2.75, 3.05) is 24.7 Å². The molecule has 0 aromatic heterocycles. The van der Waals surface area contributed by atoms with Crippen molar-refractivity contribution < 1.29 is 9.84 Å². The van der Waals surface area contributed by atoms with Gasteiger partial charge < -0.3 is 15.2 Å². The van der Waals surface area contributed by atoms with Gasteiger partial charge in [-0.05, 0) is 36.9 Å². The third-order valence-corrected chi connectivity index (χ3v) is 5.27. The molecule has 0 bridgehead atoms. The van der Waals surface area contributed by atoms with E-state index in [4.69, 9.17) is 4.74 Å². The van der Waals surface area contributed by atoms with Gasteiger partial charge in [-0.1, -0.05) is 20.8 Å². The summed E-state index contributed by atoms with van der Waals surface area (Å²) in [4.78, 5) is 0. The summed E-state index contributed by atoms with van der Waals surface area (Å²) < 4.78 is 6.02. The van der Waals surface area contributed by atoms with Gasteiger partial charge in [0.2, 0.25) is 0 Å². The second kappa shape index (κ2) is 6.33. The quantitative estimate of drug-likeness (QED) is 0.833. The normalized spacial score (nSPS) is 33.8. The van der Waals surface area contributed by atoms with Gasteiger partial charge in [0.05, 0.1) is 11.7 Å². The number of nitrogens with one attached hydrogen (secondary N) is 1. The number of ether oxygens (including phenoxy) is 1. The van der Waals surface area contributed by atoms with E-state index in [2.05, 4.69) is 26.1 Å². The maximum Gasteiger partial charge on any atom is 0.0795 e. The number of hydrogen-bond acceptors (Lipinski definition) is 4. The average Bonchev–Trinajstić information content (AvgIpc) is 2.73. The van der Waals surface area contributed by atoms with Crippen LogP contribution in [0.15, 0.2) is 0 Å². The zero-order chi connectivity index (χ0) is 13.9. The summed E-state index contributed by atoms with van der Waals surface area (Å²) in [7, 11) is 0. The Hall–Kier alpha value is 0.230. The molecule has 4 heteroatoms. The van der Waals surface area contributed by atoms with E-state index < -0.39 is 0 Å². The van der Waals surface area contributed by atoms with E-state index in [1.807, 2.05) is 11.8 Å². The molecule has 2 aliphatic rings. The van der Waals surface area contributed by atoms with Crippen LogP contribution in [0.1, 0.15) is 46.5 Å². The molecule has 2 rings (SSSR count). The fourth-order valence-corrected chi connectivity index (χ4v) is 4.53. The fourth-order valence-electron chi connectivity index (χ4n) is 3.15. The molecule has 2 saturated heterocycles. The van der Waals surface area contributed by atoms with Crippen LogP contribution < -0.4 is 5.32 Å². The first-order chi connectivity index (χ1) is 8.89. The lowest BCUT2D eigenvalue weighted by atomic mass is 9.88. The molecule has 3 unspecified atom stereocenters. The predicted molar refractivity (Wildman–Crippen MR) is 81.7 cm³/mol. The van der Waals surface area contributed by atoms with Crippen molar-refractivity contribution >= 4 is 11.8 Å². The smallest absolute Gasteiger partial charge is 0.0795 e. The van der Waals surface area contributed by atoms with Crippen molar-refractivity contribution in [2.24, 2.45) is 5.41 Å². The molecule has 2 fully saturated rings. The van der Waals surface area contributed by atoms with Crippen molar-refractivity contribution in [3.05, 3.63) is 0 Å². The SMILES string of the molecule is CC(C)(C)CC(O)CNC1CCOC2(CCSC2)C1. The zero-order valence-corrected chi connectivity index (χ0v) is 13.4. The monoisotopic (exact) mass is 287 g/mol. The molecule has 2 aliphatic heterocycles. The molecular formula is C15H29NO2S. The summed E-state index contributed by atoms with van der Waals surface area (Å²) in [6.45, 7) is 8.11. The number of hydrogen-bond donors (Lipinski definition) is 2. The summed E-state index contributed by atoms with van der Waals surface area (Å²) in [6.07, 6.45) is 4.00. The zero-order valence-electron chi connectivity index (χ0n) is 12.6. The second-order valence-corrected chi connectivity index (χ2v) is 8.46. The Morgan fingerprint density at radius 3 is 2.89 bits per heavy atom. The third-order valence-electron chi connectivity index (χ3n) is 4.05. The minimum absolute atomic E-state index is 0.134. The first-order valence-electron chi connectivity index (χ1n) is 7.52. The molecule has 112 valence electrons. The Morgan fingerprint density at radius 1 is 1.47 bits per heavy atom. The van der Waals surface area contributed by atoms with Gasteiger partial charge in [0.15, 0.2) is 0 Å². The first-order valence-corrected chi connectivity index (χ1v) is 8.67. The van der Waals surface area contributed by atoms with Crippen LogP contribution >= 0.6 is 11.8 Å². The minimum atomic E-state index is -0.239. The van der Waals surface area contributed by atoms with Crippen molar-refractivity contribution in [3.63, 3.8) is 0 Å². The lowest BCUT2D eigenvalue weighted by molar-refractivity contribution is -0.0712. The van der Waals surface area contributed by atoms with E-state index in [1.165, 1.54) is 12.2 Å². The van der Waals surface area contributed by atoms with Crippen LogP contribution in [0, 0.1) is 5.41 Å². The van der Waals surface area contributed by atoms with Crippen molar-refractivity contribution in [1.29, 1.82) is 0 Å². The first kappa shape index (κ1) is 15.6. The Morgan fingerprint density at radius 2 is 2.26 bits per heavy atom. The van der Waals surface area contributed by atoms with Crippen LogP contribution in [0.25, 0.3) is 0 Å². The number of aliphatic hydroxyl groups excluding tert-OH is 1. The van der Waals surface area contributed by atoms with Crippen LogP contribution in [-0.4, -0.2) is 47.5 Å². The molecule has 0 aromatic carbocycles. The molecule has 0 amide bonds. The fraction of sp³-hybridized carbons (Fsp3) is 1.00. The van der Waals surface area contributed by atoms with Gasteiger partial charge in [-0.3, -0.25) is 0 Å². The highest BCUT2D eigenvalue weighted by molar-refractivity contribution is 7.99. The summed E-state index contributed by atoms with van der Waals surface area (Å²) in [5.74, 6) is 2.38. The molecule has 0 saturated carbocycles. The summed E-state index contributed by atoms with van der Waals surface area (Å²) in [6, 6.07) is 0.516. The van der Waals surface area contributed by atoms with Gasteiger partial charge >= 0.3 is 0 Å². The number of aliphatic hydroxyl groups is 1. The lowest BCUT2D eigenvalue weighted by Crippen LogP contribution is -2.48. The standard InChI is InChI=1S/C15H29NO2S/c1-14(2,3)9-13(17)10-16-12-4-6-18-15(8-12)5-7-19-11-15/h12-13,16-17H,4-11H2,1-3H3. The van der Waals surface area contributed by atoms with Crippen molar-refractivity contribution in [1.82, 2.24) is 5.32 Å². The molecular weight excluding hydrogens is 258 g/mol. The molecule has 2 heterocycles. The largest absolute Gasteiger partial charge is 0.392 e. The van der Waals surface area contributed by atoms with E-state index in [0.29, 0.717) is 12.6 Å². The predicted octanol–water partition coefficient (Wildman–Crippen LogP) is 2.43. The maximum absolute atomic E-state index is 10.1. The highest BCUT2D eigenvalue weighted by Gasteiger charge is 2.40. The average molecular weight is 287 g/mol. The lowest BCUT2D eigenvalue weighted by Gasteiger charge is -2.38. The van der Waals surface area contributed by atoms with Crippen molar-refractivity contribution in [3.8, 4) is 0 Å². The molecule has 3 atom stereocenters. The van der Waals surface area contributed by atoms with E-state index in [0.717, 1.165) is 31.6 Å². The highest BCUT2D eigenvalue weighted by Crippen LogP contribution is 2.38. The highest BCUT2D eigenvalue weighted by atomic mass is 32.2. The van der Waals surface area contributed by atoms with Gasteiger partial charge in [-0.2, -0.15) is 11.8 Å². The molecule has 0 radical (unpaired) electrons. The van der Waals surface area contributed by atoms with E-state index in [1.54, 1.807) is 0 Å². The van der Waals surface area contributed by atoms with E-state index in [-0.39, 0.29) is 17.1 Å². The molecule has 2 N–H and O–H groups in total. The van der Waals surface area contributed by atoms with Gasteiger partial charge in [0, 0.05) is 24.9 Å². The van der Waals surface area contributed by atoms with Crippen LogP contribution in [-0.2, 0) is 4.74 Å². The Labute approximate surface area is 121 Å². The van der Waals surface area contributed by atoms with E-state index >= 15 is 0 Å². The topological polar surface area (TPSA) is 41.5 Å². The van der Waals surface area contributed by atoms with E-state index in [9.17, 15) is 5.11 Å². The Bertz CT molecular complexity index is 284. The summed E-state index contributed by atoms with van der Waals surface area (Å²) >= 11 is 2.01. The van der Waals surface area contributed by atoms with Crippen LogP contribution in [0.2, 0.25) is 0 Å². The summed E-state index contributed by atoms with van der Waals surface area (Å²) in [5, 5.41) is 13.6. The molecule has 0 aliphatic carbocycles. The van der Waals surface area contributed by atoms with Gasteiger partial charge in [0.1, 0.15) is 0 Å². The maximum atomic E-state index is 10.1. The van der Waals surface area contributed by atoms with Crippen LogP contribution in [0.3, 0.4) is 0 Å². The molecule has 1 spiro atoms. The van der Waals surface area contributed by atoms with Gasteiger partial charge in [0.25, 0.3) is 0 Å². The van der Waals surface area contributed by atoms with Crippen molar-refractivity contribution in [2.45, 2.75) is 64.2 Å². The molecule has 0 aromatic rings. The Balaban J connectivity index is 1.73. The van der Waals surface area contributed by atoms with Crippen LogP contribution in [0.5, 0.6) is 0 Å². The third kappa shape index (κ3) is 4.92. The molecule has 19 heavy (non-hydrogen) atoms. The number of rotatable bonds is 4. The number of thioether (sulfide) groups is 1. The second-order valence-electron chi connectivity index (χ2n) is 7.35. The Kier molecular flexibility index (Phi) is 5.21. The summed E-state index contributed by atoms with van der Waals surface area (Å²) in [5.41, 5.74) is 0.329.